The molecule has 15 heteroatoms. The van der Waals surface area contributed by atoms with Crippen LogP contribution in [-0.4, -0.2) is 51.1 Å². The van der Waals surface area contributed by atoms with E-state index in [9.17, 15) is 28.4 Å². The van der Waals surface area contributed by atoms with E-state index in [1.165, 1.54) is 7.05 Å². The van der Waals surface area contributed by atoms with Gasteiger partial charge in [-0.3, -0.25) is 9.13 Å². The van der Waals surface area contributed by atoms with Crippen LogP contribution in [0.15, 0.2) is 0 Å². The number of hydrogen-bond acceptors (Lipinski definition) is 11. The van der Waals surface area contributed by atoms with Crippen LogP contribution in [0.5, 0.6) is 0 Å². The maximum Gasteiger partial charge on any atom is 0.268 e. The van der Waals surface area contributed by atoms with E-state index in [1.54, 1.807) is 0 Å². The fraction of sp³-hybridized carbons (Fsp3) is 1.00. The molecule has 24 heavy (non-hydrogen) atoms. The van der Waals surface area contributed by atoms with Crippen molar-refractivity contribution in [1.29, 1.82) is 0 Å². The molecule has 0 radical (unpaired) electrons. The van der Waals surface area contributed by atoms with Gasteiger partial charge in [0.1, 0.15) is 7.60 Å². The van der Waals surface area contributed by atoms with Gasteiger partial charge in [-0.2, -0.15) is 0 Å². The quantitative estimate of drug-likeness (QED) is 0.293. The van der Waals surface area contributed by atoms with Gasteiger partial charge in [0.05, 0.1) is 32.5 Å². The van der Waals surface area contributed by atoms with Crippen molar-refractivity contribution in [2.75, 3.05) is 40.1 Å². The fourth-order valence-corrected chi connectivity index (χ4v) is 2.48. The van der Waals surface area contributed by atoms with E-state index in [2.05, 4.69) is 23.4 Å². The minimum absolute atomic E-state index is 0. The largest absolute Gasteiger partial charge is 0.779 e. The molecule has 0 aliphatic carbocycles. The Kier molecular flexibility index (Phi) is 15.3. The first kappa shape index (κ1) is 29.1. The lowest BCUT2D eigenvalue weighted by molar-refractivity contribution is -0.228. The molecule has 0 spiro atoms. The zero-order valence-electron chi connectivity index (χ0n) is 11.8. The predicted molar refractivity (Wildman–Crippen MR) is 81.1 cm³/mol. The standard InChI is InChI=1S/C7H20NO11P3.2CH4/c1-8-7(5-18-21(11,12)13)6-19-22(14,15)17-4-3-16-20(2,9)10;;/h7-8H,3-6H2,1-2H3,(H,9,10)(H,14,15)(H2,11,12,13);2*1H4/p-3. The topological polar surface area (TPSA) is 190 Å². The molecule has 0 bridgehead atoms. The van der Waals surface area contributed by atoms with Crippen LogP contribution in [0.3, 0.4) is 0 Å². The number of phosphoric ester groups is 2. The molecule has 4 atom stereocenters. The third kappa shape index (κ3) is 18.7. The summed E-state index contributed by atoms with van der Waals surface area (Å²) < 4.78 is 49.5. The summed E-state index contributed by atoms with van der Waals surface area (Å²) >= 11 is 0. The summed E-state index contributed by atoms with van der Waals surface area (Å²) in [6.07, 6.45) is 0. The second-order valence-electron chi connectivity index (χ2n) is 3.93. The molecule has 0 aliphatic heterocycles. The Hall–Kier alpha value is 0.330. The van der Waals surface area contributed by atoms with Crippen LogP contribution in [0, 0.1) is 0 Å². The highest BCUT2D eigenvalue weighted by Gasteiger charge is 2.16. The Morgan fingerprint density at radius 1 is 0.958 bits per heavy atom. The molecule has 0 saturated heterocycles. The van der Waals surface area contributed by atoms with Gasteiger partial charge in [0.2, 0.25) is 0 Å². The number of rotatable bonds is 12. The van der Waals surface area contributed by atoms with E-state index in [4.69, 9.17) is 4.89 Å². The molecule has 0 saturated carbocycles. The number of hydrogen-bond donors (Lipinski definition) is 2. The average molecular weight is 416 g/mol. The Morgan fingerprint density at radius 2 is 1.42 bits per heavy atom. The number of phosphoric acid groups is 2. The summed E-state index contributed by atoms with van der Waals surface area (Å²) in [6.45, 7) is -1.37. The van der Waals surface area contributed by atoms with Crippen LogP contribution < -0.4 is 20.0 Å². The third-order valence-electron chi connectivity index (χ3n) is 1.94. The molecule has 150 valence electrons. The van der Waals surface area contributed by atoms with Crippen molar-refractivity contribution in [3.63, 3.8) is 0 Å². The highest BCUT2D eigenvalue weighted by atomic mass is 31.2. The van der Waals surface area contributed by atoms with Gasteiger partial charge >= 0.3 is 0 Å². The molecule has 12 nitrogen and oxygen atoms in total. The van der Waals surface area contributed by atoms with E-state index >= 15 is 0 Å². The van der Waals surface area contributed by atoms with Gasteiger partial charge in [0.25, 0.3) is 15.6 Å². The zero-order chi connectivity index (χ0) is 17.4. The second-order valence-corrected chi connectivity index (χ2v) is 8.34. The number of likely N-dealkylation sites (N-methyl/N-ethyl adjacent to an activating group) is 1. The summed E-state index contributed by atoms with van der Waals surface area (Å²) in [6, 6.07) is -0.867. The van der Waals surface area contributed by atoms with Crippen molar-refractivity contribution in [2.45, 2.75) is 20.9 Å². The molecule has 4 unspecified atom stereocenters. The van der Waals surface area contributed by atoms with Gasteiger partial charge in [-0.1, -0.05) is 14.9 Å². The SMILES string of the molecule is C.C.CNC(COP(=O)([O-])O)COP(=O)([O-])OCCOP(C)(=O)[O-]. The lowest BCUT2D eigenvalue weighted by atomic mass is 10.3. The molecule has 0 fully saturated rings. The van der Waals surface area contributed by atoms with Crippen molar-refractivity contribution in [2.24, 2.45) is 0 Å². The van der Waals surface area contributed by atoms with Crippen molar-refractivity contribution in [1.82, 2.24) is 5.32 Å². The Morgan fingerprint density at radius 3 is 1.83 bits per heavy atom. The van der Waals surface area contributed by atoms with E-state index < -0.39 is 55.7 Å². The van der Waals surface area contributed by atoms with Crippen LogP contribution in [0.1, 0.15) is 14.9 Å². The minimum Gasteiger partial charge on any atom is -0.779 e. The van der Waals surface area contributed by atoms with Crippen LogP contribution in [-0.2, 0) is 31.8 Å². The minimum atomic E-state index is -4.93. The van der Waals surface area contributed by atoms with Crippen molar-refractivity contribution < 1.29 is 51.4 Å². The van der Waals surface area contributed by atoms with Gasteiger partial charge in [-0.25, -0.2) is 0 Å². The predicted octanol–water partition coefficient (Wildman–Crippen LogP) is -0.975. The number of nitrogens with one attached hydrogen (secondary N) is 1. The summed E-state index contributed by atoms with van der Waals surface area (Å²) in [5, 5.41) is 2.49. The Balaban J connectivity index is -0.00000220. The fourth-order valence-electron chi connectivity index (χ4n) is 0.970. The molecular formula is C9H25NO11P3-3. The van der Waals surface area contributed by atoms with E-state index in [-0.39, 0.29) is 14.9 Å². The Bertz CT molecular complexity index is 462. The average Bonchev–Trinajstić information content (AvgIpc) is 2.32. The normalized spacial score (nSPS) is 19.8. The van der Waals surface area contributed by atoms with Gasteiger partial charge < -0.3 is 47.6 Å². The first-order valence-corrected chi connectivity index (χ1v) is 10.7. The van der Waals surface area contributed by atoms with Crippen LogP contribution in [0.4, 0.5) is 0 Å². The molecule has 0 aromatic carbocycles. The second kappa shape index (κ2) is 12.6. The van der Waals surface area contributed by atoms with Crippen molar-refractivity contribution >= 4 is 23.2 Å². The monoisotopic (exact) mass is 416 g/mol. The first-order valence-electron chi connectivity index (χ1n) is 5.73. The van der Waals surface area contributed by atoms with Crippen LogP contribution in [0.25, 0.3) is 0 Å². The Labute approximate surface area is 141 Å². The van der Waals surface area contributed by atoms with E-state index in [1.807, 2.05) is 0 Å². The summed E-state index contributed by atoms with van der Waals surface area (Å²) in [4.78, 5) is 40.8. The van der Waals surface area contributed by atoms with Gasteiger partial charge in [0.15, 0.2) is 0 Å². The highest BCUT2D eigenvalue weighted by molar-refractivity contribution is 7.50. The van der Waals surface area contributed by atoms with Gasteiger partial charge in [0, 0.05) is 6.66 Å². The van der Waals surface area contributed by atoms with Crippen molar-refractivity contribution in [3.8, 4) is 0 Å². The molecule has 0 heterocycles. The molecule has 0 aliphatic rings. The maximum atomic E-state index is 11.3. The van der Waals surface area contributed by atoms with Crippen LogP contribution >= 0.6 is 23.2 Å². The zero-order valence-corrected chi connectivity index (χ0v) is 14.5. The maximum absolute atomic E-state index is 11.3. The lowest BCUT2D eigenvalue weighted by Crippen LogP contribution is -2.35. The molecule has 0 rings (SSSR count). The summed E-state index contributed by atoms with van der Waals surface area (Å²) in [7, 11) is -12.3. The molecule has 0 aromatic rings. The van der Waals surface area contributed by atoms with Crippen molar-refractivity contribution in [3.05, 3.63) is 0 Å². The molecule has 0 aromatic heterocycles. The molecule has 2 N–H and O–H groups in total. The van der Waals surface area contributed by atoms with Crippen LogP contribution in [0.2, 0.25) is 0 Å². The molecular weight excluding hydrogens is 391 g/mol. The summed E-state index contributed by atoms with van der Waals surface area (Å²) in [5.74, 6) is 0. The molecule has 0 amide bonds. The van der Waals surface area contributed by atoms with E-state index in [0.717, 1.165) is 6.66 Å². The lowest BCUT2D eigenvalue weighted by Gasteiger charge is -2.27. The smallest absolute Gasteiger partial charge is 0.268 e. The van der Waals surface area contributed by atoms with E-state index in [0.29, 0.717) is 0 Å². The highest BCUT2D eigenvalue weighted by Crippen LogP contribution is 2.39. The third-order valence-corrected chi connectivity index (χ3v) is 4.03. The summed E-state index contributed by atoms with van der Waals surface area (Å²) in [5.41, 5.74) is 0. The first-order chi connectivity index (χ1) is 9.85. The van der Waals surface area contributed by atoms with Gasteiger partial charge in [-0.05, 0) is 7.05 Å². The van der Waals surface area contributed by atoms with Gasteiger partial charge in [-0.15, -0.1) is 0 Å².